The molecular formula is C20H30N2O3. The molecule has 1 aromatic rings. The number of hydrogen-bond donors (Lipinski definition) is 2. The molecule has 0 radical (unpaired) electrons. The third kappa shape index (κ3) is 5.27. The van der Waals surface area contributed by atoms with E-state index in [4.69, 9.17) is 15.2 Å². The molecule has 5 heteroatoms. The summed E-state index contributed by atoms with van der Waals surface area (Å²) in [5, 5.41) is 2.95. The third-order valence-corrected chi connectivity index (χ3v) is 5.23. The van der Waals surface area contributed by atoms with Crippen molar-refractivity contribution >= 4 is 11.6 Å². The fourth-order valence-corrected chi connectivity index (χ4v) is 3.78. The van der Waals surface area contributed by atoms with Crippen molar-refractivity contribution in [2.45, 2.75) is 70.4 Å². The minimum absolute atomic E-state index is 0.00775. The van der Waals surface area contributed by atoms with Crippen LogP contribution in [-0.2, 0) is 20.9 Å². The molecule has 1 saturated carbocycles. The molecule has 0 spiro atoms. The number of nitrogens with one attached hydrogen (secondary N) is 1. The van der Waals surface area contributed by atoms with Crippen LogP contribution in [0.2, 0.25) is 0 Å². The predicted octanol–water partition coefficient (Wildman–Crippen LogP) is 3.23. The van der Waals surface area contributed by atoms with Gasteiger partial charge in [-0.3, -0.25) is 4.79 Å². The summed E-state index contributed by atoms with van der Waals surface area (Å²) >= 11 is 0. The van der Waals surface area contributed by atoms with Gasteiger partial charge >= 0.3 is 0 Å². The molecule has 2 aliphatic rings. The van der Waals surface area contributed by atoms with Crippen molar-refractivity contribution in [3.8, 4) is 0 Å². The Morgan fingerprint density at radius 2 is 2.20 bits per heavy atom. The second-order valence-corrected chi connectivity index (χ2v) is 7.45. The van der Waals surface area contributed by atoms with Crippen molar-refractivity contribution < 1.29 is 14.3 Å². The molecule has 5 nitrogen and oxygen atoms in total. The summed E-state index contributed by atoms with van der Waals surface area (Å²) in [5.41, 5.74) is 7.48. The quantitative estimate of drug-likeness (QED) is 0.829. The molecule has 1 aliphatic heterocycles. The minimum atomic E-state index is -0.391. The molecule has 25 heavy (non-hydrogen) atoms. The lowest BCUT2D eigenvalue weighted by atomic mass is 9.89. The molecule has 138 valence electrons. The summed E-state index contributed by atoms with van der Waals surface area (Å²) < 4.78 is 11.7. The highest BCUT2D eigenvalue weighted by Crippen LogP contribution is 2.27. The zero-order valence-corrected chi connectivity index (χ0v) is 15.1. The number of ether oxygens (including phenoxy) is 2. The maximum Gasteiger partial charge on any atom is 0.253 e. The SMILES string of the molecule is CC1CCCC(OCc2cccc(NC(=O)[C@@H]3CC[C@H](CN)O3)c2)C1. The van der Waals surface area contributed by atoms with E-state index in [0.29, 0.717) is 19.3 Å². The molecule has 1 saturated heterocycles. The van der Waals surface area contributed by atoms with Crippen LogP contribution in [0.5, 0.6) is 0 Å². The van der Waals surface area contributed by atoms with Crippen molar-refractivity contribution in [1.29, 1.82) is 0 Å². The first-order valence-electron chi connectivity index (χ1n) is 9.51. The Balaban J connectivity index is 1.50. The lowest BCUT2D eigenvalue weighted by Gasteiger charge is -2.26. The number of amides is 1. The maximum atomic E-state index is 12.3. The summed E-state index contributed by atoms with van der Waals surface area (Å²) in [6.07, 6.45) is 6.44. The zero-order valence-electron chi connectivity index (χ0n) is 15.1. The molecule has 1 amide bonds. The highest BCUT2D eigenvalue weighted by atomic mass is 16.5. The van der Waals surface area contributed by atoms with E-state index in [-0.39, 0.29) is 12.0 Å². The van der Waals surface area contributed by atoms with Gasteiger partial charge in [-0.25, -0.2) is 0 Å². The fourth-order valence-electron chi connectivity index (χ4n) is 3.78. The Hall–Kier alpha value is -1.43. The lowest BCUT2D eigenvalue weighted by molar-refractivity contribution is -0.126. The van der Waals surface area contributed by atoms with E-state index >= 15 is 0 Å². The topological polar surface area (TPSA) is 73.6 Å². The summed E-state index contributed by atoms with van der Waals surface area (Å²) in [4.78, 5) is 12.3. The smallest absolute Gasteiger partial charge is 0.253 e. The monoisotopic (exact) mass is 346 g/mol. The summed E-state index contributed by atoms with van der Waals surface area (Å²) in [7, 11) is 0. The highest BCUT2D eigenvalue weighted by Gasteiger charge is 2.29. The molecule has 2 unspecified atom stereocenters. The Kier molecular flexibility index (Phi) is 6.45. The largest absolute Gasteiger partial charge is 0.374 e. The molecule has 1 aromatic carbocycles. The Bertz CT molecular complexity index is 578. The van der Waals surface area contributed by atoms with Crippen molar-refractivity contribution in [2.75, 3.05) is 11.9 Å². The molecule has 2 fully saturated rings. The van der Waals surface area contributed by atoms with Gasteiger partial charge in [-0.05, 0) is 49.3 Å². The summed E-state index contributed by atoms with van der Waals surface area (Å²) in [5.74, 6) is 0.670. The van der Waals surface area contributed by atoms with Crippen LogP contribution in [0.15, 0.2) is 24.3 Å². The van der Waals surface area contributed by atoms with Crippen molar-refractivity contribution in [1.82, 2.24) is 0 Å². The van der Waals surface area contributed by atoms with Crippen molar-refractivity contribution in [3.05, 3.63) is 29.8 Å². The van der Waals surface area contributed by atoms with E-state index in [1.807, 2.05) is 24.3 Å². The number of hydrogen-bond acceptors (Lipinski definition) is 4. The van der Waals surface area contributed by atoms with E-state index in [1.54, 1.807) is 0 Å². The third-order valence-electron chi connectivity index (χ3n) is 5.23. The first-order valence-corrected chi connectivity index (χ1v) is 9.51. The summed E-state index contributed by atoms with van der Waals surface area (Å²) in [6, 6.07) is 7.88. The Morgan fingerprint density at radius 1 is 1.32 bits per heavy atom. The van der Waals surface area contributed by atoms with Gasteiger partial charge in [0.25, 0.3) is 5.91 Å². The van der Waals surface area contributed by atoms with Crippen LogP contribution in [0, 0.1) is 5.92 Å². The van der Waals surface area contributed by atoms with E-state index < -0.39 is 6.10 Å². The van der Waals surface area contributed by atoms with Crippen LogP contribution in [0.4, 0.5) is 5.69 Å². The average Bonchev–Trinajstić information content (AvgIpc) is 3.10. The number of rotatable bonds is 6. The summed E-state index contributed by atoms with van der Waals surface area (Å²) in [6.45, 7) is 3.36. The first kappa shape index (κ1) is 18.4. The number of carbonyl (C=O) groups is 1. The van der Waals surface area contributed by atoms with E-state index in [1.165, 1.54) is 12.8 Å². The van der Waals surface area contributed by atoms with Crippen molar-refractivity contribution in [3.63, 3.8) is 0 Å². The molecule has 0 aromatic heterocycles. The first-order chi connectivity index (χ1) is 12.1. The number of nitrogens with two attached hydrogens (primary N) is 1. The average molecular weight is 346 g/mol. The van der Waals surface area contributed by atoms with Gasteiger partial charge < -0.3 is 20.5 Å². The van der Waals surface area contributed by atoms with Crippen LogP contribution in [0.1, 0.15) is 51.0 Å². The molecular weight excluding hydrogens is 316 g/mol. The fraction of sp³-hybridized carbons (Fsp3) is 0.650. The second-order valence-electron chi connectivity index (χ2n) is 7.45. The van der Waals surface area contributed by atoms with Gasteiger partial charge in [0.15, 0.2) is 0 Å². The maximum absolute atomic E-state index is 12.3. The van der Waals surface area contributed by atoms with E-state index in [2.05, 4.69) is 12.2 Å². The zero-order chi connectivity index (χ0) is 17.6. The van der Waals surface area contributed by atoms with Gasteiger partial charge in [-0.2, -0.15) is 0 Å². The molecule has 3 rings (SSSR count). The molecule has 1 aliphatic carbocycles. The van der Waals surface area contributed by atoms with Crippen LogP contribution in [-0.4, -0.2) is 30.8 Å². The highest BCUT2D eigenvalue weighted by molar-refractivity contribution is 5.94. The van der Waals surface area contributed by atoms with Crippen LogP contribution >= 0.6 is 0 Å². The molecule has 0 bridgehead atoms. The lowest BCUT2D eigenvalue weighted by Crippen LogP contribution is -2.29. The molecule has 4 atom stereocenters. The molecule has 3 N–H and O–H groups in total. The standard InChI is InChI=1S/C20H30N2O3/c1-14-4-2-7-17(10-14)24-13-15-5-3-6-16(11-15)22-20(23)19-9-8-18(12-21)25-19/h3,5-6,11,14,17-19H,2,4,7-10,12-13,21H2,1H3,(H,22,23)/t14?,17?,18-,19+/m1/s1. The van der Waals surface area contributed by atoms with E-state index in [9.17, 15) is 4.79 Å². The Labute approximate surface area is 150 Å². The number of anilines is 1. The van der Waals surface area contributed by atoms with Crippen LogP contribution in [0.25, 0.3) is 0 Å². The van der Waals surface area contributed by atoms with Gasteiger partial charge in [0.05, 0.1) is 18.8 Å². The Morgan fingerprint density at radius 3 is 2.96 bits per heavy atom. The minimum Gasteiger partial charge on any atom is -0.374 e. The normalized spacial score (nSPS) is 29.5. The van der Waals surface area contributed by atoms with Crippen LogP contribution in [0.3, 0.4) is 0 Å². The van der Waals surface area contributed by atoms with Gasteiger partial charge in [0.1, 0.15) is 6.10 Å². The van der Waals surface area contributed by atoms with Gasteiger partial charge in [-0.15, -0.1) is 0 Å². The second kappa shape index (κ2) is 8.79. The molecule has 1 heterocycles. The van der Waals surface area contributed by atoms with Crippen molar-refractivity contribution in [2.24, 2.45) is 11.7 Å². The predicted molar refractivity (Wildman–Crippen MR) is 98.2 cm³/mol. The van der Waals surface area contributed by atoms with Gasteiger partial charge in [0, 0.05) is 12.2 Å². The number of carbonyl (C=O) groups excluding carboxylic acids is 1. The van der Waals surface area contributed by atoms with Crippen LogP contribution < -0.4 is 11.1 Å². The van der Waals surface area contributed by atoms with E-state index in [0.717, 1.165) is 42.9 Å². The van der Waals surface area contributed by atoms with Gasteiger partial charge in [-0.1, -0.05) is 31.9 Å². The number of benzene rings is 1. The van der Waals surface area contributed by atoms with Gasteiger partial charge in [0.2, 0.25) is 0 Å².